The maximum absolute atomic E-state index is 5.87. The average molecular weight is 193 g/mol. The van der Waals surface area contributed by atoms with Crippen LogP contribution in [0.4, 0.5) is 0 Å². The van der Waals surface area contributed by atoms with Gasteiger partial charge in [-0.15, -0.1) is 6.58 Å². The SMILES string of the molecule is C=C[C@@H](N)c1c(OC)cccc1OC. The number of nitrogens with two attached hydrogens (primary N) is 1. The van der Waals surface area contributed by atoms with E-state index < -0.39 is 0 Å². The van der Waals surface area contributed by atoms with E-state index in [2.05, 4.69) is 6.58 Å². The van der Waals surface area contributed by atoms with Gasteiger partial charge < -0.3 is 15.2 Å². The lowest BCUT2D eigenvalue weighted by molar-refractivity contribution is 0.383. The van der Waals surface area contributed by atoms with E-state index in [9.17, 15) is 0 Å². The zero-order valence-electron chi connectivity index (χ0n) is 8.49. The van der Waals surface area contributed by atoms with E-state index in [1.807, 2.05) is 18.2 Å². The third-order valence-electron chi connectivity index (χ3n) is 2.05. The van der Waals surface area contributed by atoms with Crippen molar-refractivity contribution in [1.82, 2.24) is 0 Å². The van der Waals surface area contributed by atoms with Gasteiger partial charge in [-0.3, -0.25) is 0 Å². The molecular weight excluding hydrogens is 178 g/mol. The van der Waals surface area contributed by atoms with E-state index in [4.69, 9.17) is 15.2 Å². The van der Waals surface area contributed by atoms with Gasteiger partial charge in [0.05, 0.1) is 25.8 Å². The van der Waals surface area contributed by atoms with Crippen LogP contribution >= 0.6 is 0 Å². The van der Waals surface area contributed by atoms with Crippen LogP contribution in [0.5, 0.6) is 11.5 Å². The Morgan fingerprint density at radius 2 is 1.79 bits per heavy atom. The van der Waals surface area contributed by atoms with Crippen LogP contribution < -0.4 is 15.2 Å². The van der Waals surface area contributed by atoms with E-state index in [1.165, 1.54) is 0 Å². The summed E-state index contributed by atoms with van der Waals surface area (Å²) in [7, 11) is 3.21. The van der Waals surface area contributed by atoms with Crippen LogP contribution in [0.2, 0.25) is 0 Å². The second-order valence-electron chi connectivity index (χ2n) is 2.84. The molecule has 0 aliphatic carbocycles. The third-order valence-corrected chi connectivity index (χ3v) is 2.05. The first-order valence-corrected chi connectivity index (χ1v) is 4.33. The van der Waals surface area contributed by atoms with Crippen molar-refractivity contribution < 1.29 is 9.47 Å². The molecule has 0 unspecified atom stereocenters. The molecule has 1 rings (SSSR count). The summed E-state index contributed by atoms with van der Waals surface area (Å²) in [5, 5.41) is 0. The highest BCUT2D eigenvalue weighted by Gasteiger charge is 2.14. The highest BCUT2D eigenvalue weighted by molar-refractivity contribution is 5.48. The molecule has 0 aliphatic heterocycles. The van der Waals surface area contributed by atoms with Crippen LogP contribution in [0.15, 0.2) is 30.9 Å². The van der Waals surface area contributed by atoms with Gasteiger partial charge in [-0.25, -0.2) is 0 Å². The lowest BCUT2D eigenvalue weighted by Gasteiger charge is -2.15. The minimum atomic E-state index is -0.277. The quantitative estimate of drug-likeness (QED) is 0.743. The number of methoxy groups -OCH3 is 2. The van der Waals surface area contributed by atoms with Crippen LogP contribution in [0.1, 0.15) is 11.6 Å². The van der Waals surface area contributed by atoms with Crippen LogP contribution in [0, 0.1) is 0 Å². The Kier molecular flexibility index (Phi) is 3.54. The van der Waals surface area contributed by atoms with E-state index >= 15 is 0 Å². The minimum absolute atomic E-state index is 0.277. The molecule has 0 aliphatic rings. The molecule has 0 aromatic heterocycles. The molecule has 76 valence electrons. The Balaban J connectivity index is 3.25. The van der Waals surface area contributed by atoms with Crippen molar-refractivity contribution in [2.75, 3.05) is 14.2 Å². The molecule has 0 saturated carbocycles. The van der Waals surface area contributed by atoms with Gasteiger partial charge in [-0.05, 0) is 12.1 Å². The summed E-state index contributed by atoms with van der Waals surface area (Å²) in [6.07, 6.45) is 1.65. The number of ether oxygens (including phenoxy) is 2. The number of hydrogen-bond donors (Lipinski definition) is 1. The summed E-state index contributed by atoms with van der Waals surface area (Å²) >= 11 is 0. The van der Waals surface area contributed by atoms with Gasteiger partial charge in [0.1, 0.15) is 11.5 Å². The molecule has 3 heteroatoms. The molecular formula is C11H15NO2. The van der Waals surface area contributed by atoms with Gasteiger partial charge >= 0.3 is 0 Å². The van der Waals surface area contributed by atoms with Gasteiger partial charge in [0.15, 0.2) is 0 Å². The normalized spacial score (nSPS) is 11.9. The Hall–Kier alpha value is -1.48. The Morgan fingerprint density at radius 1 is 1.29 bits per heavy atom. The molecule has 0 saturated heterocycles. The molecule has 1 aromatic carbocycles. The van der Waals surface area contributed by atoms with Gasteiger partial charge in [0.2, 0.25) is 0 Å². The number of hydrogen-bond acceptors (Lipinski definition) is 3. The maximum atomic E-state index is 5.87. The Labute approximate surface area is 84.1 Å². The fourth-order valence-electron chi connectivity index (χ4n) is 1.33. The Bertz CT molecular complexity index is 301. The molecule has 3 nitrogen and oxygen atoms in total. The van der Waals surface area contributed by atoms with Crippen molar-refractivity contribution in [1.29, 1.82) is 0 Å². The largest absolute Gasteiger partial charge is 0.496 e. The van der Waals surface area contributed by atoms with Gasteiger partial charge in [-0.1, -0.05) is 12.1 Å². The standard InChI is InChI=1S/C11H15NO2/c1-4-8(12)11-9(13-2)6-5-7-10(11)14-3/h4-8H,1,12H2,2-3H3/t8-/m1/s1. The Morgan fingerprint density at radius 3 is 2.14 bits per heavy atom. The van der Waals surface area contributed by atoms with Crippen molar-refractivity contribution in [3.8, 4) is 11.5 Å². The predicted octanol–water partition coefficient (Wildman–Crippen LogP) is 1.89. The molecule has 0 spiro atoms. The molecule has 0 fully saturated rings. The highest BCUT2D eigenvalue weighted by atomic mass is 16.5. The zero-order valence-corrected chi connectivity index (χ0v) is 8.49. The second kappa shape index (κ2) is 4.67. The number of benzene rings is 1. The van der Waals surface area contributed by atoms with Gasteiger partial charge in [-0.2, -0.15) is 0 Å². The summed E-state index contributed by atoms with van der Waals surface area (Å²) < 4.78 is 10.4. The monoisotopic (exact) mass is 193 g/mol. The van der Waals surface area contributed by atoms with Crippen molar-refractivity contribution in [3.63, 3.8) is 0 Å². The molecule has 1 atom stereocenters. The van der Waals surface area contributed by atoms with Gasteiger partial charge in [0.25, 0.3) is 0 Å². The van der Waals surface area contributed by atoms with Crippen molar-refractivity contribution in [2.45, 2.75) is 6.04 Å². The first kappa shape index (κ1) is 10.6. The molecule has 0 heterocycles. The summed E-state index contributed by atoms with van der Waals surface area (Å²) in [6, 6.07) is 5.28. The molecule has 2 N–H and O–H groups in total. The van der Waals surface area contributed by atoms with E-state index in [-0.39, 0.29) is 6.04 Å². The fraction of sp³-hybridized carbons (Fsp3) is 0.273. The predicted molar refractivity (Wildman–Crippen MR) is 56.7 cm³/mol. The fourth-order valence-corrected chi connectivity index (χ4v) is 1.33. The summed E-state index contributed by atoms with van der Waals surface area (Å²) in [5.74, 6) is 1.44. The molecule has 1 aromatic rings. The zero-order chi connectivity index (χ0) is 10.6. The molecule has 0 radical (unpaired) electrons. The van der Waals surface area contributed by atoms with Crippen LogP contribution in [0.25, 0.3) is 0 Å². The van der Waals surface area contributed by atoms with E-state index in [1.54, 1.807) is 20.3 Å². The second-order valence-corrected chi connectivity index (χ2v) is 2.84. The summed E-state index contributed by atoms with van der Waals surface area (Å²) in [6.45, 7) is 3.65. The molecule has 0 bridgehead atoms. The van der Waals surface area contributed by atoms with Crippen molar-refractivity contribution in [2.24, 2.45) is 5.73 Å². The third kappa shape index (κ3) is 1.88. The van der Waals surface area contributed by atoms with Gasteiger partial charge in [0, 0.05) is 0 Å². The lowest BCUT2D eigenvalue weighted by Crippen LogP contribution is -2.10. The van der Waals surface area contributed by atoms with Crippen LogP contribution in [-0.4, -0.2) is 14.2 Å². The number of rotatable bonds is 4. The maximum Gasteiger partial charge on any atom is 0.127 e. The minimum Gasteiger partial charge on any atom is -0.496 e. The smallest absolute Gasteiger partial charge is 0.127 e. The molecule has 0 amide bonds. The van der Waals surface area contributed by atoms with E-state index in [0.29, 0.717) is 0 Å². The summed E-state index contributed by atoms with van der Waals surface area (Å²) in [5.41, 5.74) is 6.70. The topological polar surface area (TPSA) is 44.5 Å². The van der Waals surface area contributed by atoms with Crippen molar-refractivity contribution in [3.05, 3.63) is 36.4 Å². The average Bonchev–Trinajstić information content (AvgIpc) is 2.26. The molecule has 14 heavy (non-hydrogen) atoms. The lowest BCUT2D eigenvalue weighted by atomic mass is 10.1. The first-order chi connectivity index (χ1) is 6.74. The highest BCUT2D eigenvalue weighted by Crippen LogP contribution is 2.32. The first-order valence-electron chi connectivity index (χ1n) is 4.33. The van der Waals surface area contributed by atoms with E-state index in [0.717, 1.165) is 17.1 Å². The van der Waals surface area contributed by atoms with Crippen LogP contribution in [0.3, 0.4) is 0 Å². The summed E-state index contributed by atoms with van der Waals surface area (Å²) in [4.78, 5) is 0. The van der Waals surface area contributed by atoms with Crippen LogP contribution in [-0.2, 0) is 0 Å². The van der Waals surface area contributed by atoms with Crippen molar-refractivity contribution >= 4 is 0 Å².